The molecule has 3 heteroatoms. The average Bonchev–Trinajstić information content (AvgIpc) is 2.00. The van der Waals surface area contributed by atoms with Gasteiger partial charge in [0.2, 0.25) is 0 Å². The summed E-state index contributed by atoms with van der Waals surface area (Å²) in [6, 6.07) is 0. The predicted octanol–water partition coefficient (Wildman–Crippen LogP) is 2.86. The van der Waals surface area contributed by atoms with Crippen LogP contribution in [-0.2, 0) is 8.85 Å². The highest BCUT2D eigenvalue weighted by molar-refractivity contribution is 6.46. The molecule has 13 heavy (non-hydrogen) atoms. The van der Waals surface area contributed by atoms with Gasteiger partial charge in [0, 0.05) is 12.2 Å². The van der Waals surface area contributed by atoms with E-state index in [1.54, 1.807) is 0 Å². The molecular formula is C10H24O2Si. The zero-order valence-corrected chi connectivity index (χ0v) is 11.0. The molecule has 0 spiro atoms. The maximum absolute atomic E-state index is 5.83. The Morgan fingerprint density at radius 3 is 1.54 bits per heavy atom. The number of hydrogen-bond donors (Lipinski definition) is 0. The molecule has 0 aliphatic heterocycles. The van der Waals surface area contributed by atoms with Crippen molar-refractivity contribution in [3.8, 4) is 0 Å². The normalized spacial score (nSPS) is 14.5. The van der Waals surface area contributed by atoms with Crippen LogP contribution in [0.2, 0.25) is 5.54 Å². The van der Waals surface area contributed by atoms with Crippen LogP contribution in [0, 0.1) is 0 Å². The predicted molar refractivity (Wildman–Crippen MR) is 59.3 cm³/mol. The summed E-state index contributed by atoms with van der Waals surface area (Å²) < 4.78 is 11.7. The third-order valence-electron chi connectivity index (χ3n) is 1.92. The van der Waals surface area contributed by atoms with E-state index >= 15 is 0 Å². The summed E-state index contributed by atoms with van der Waals surface area (Å²) >= 11 is 0. The first-order valence-corrected chi connectivity index (χ1v) is 6.89. The molecule has 0 aromatic carbocycles. The monoisotopic (exact) mass is 204 g/mol. The van der Waals surface area contributed by atoms with Crippen LogP contribution in [0.1, 0.15) is 48.0 Å². The van der Waals surface area contributed by atoms with E-state index in [0.717, 1.165) is 6.42 Å². The van der Waals surface area contributed by atoms with Crippen molar-refractivity contribution in [1.82, 2.24) is 0 Å². The number of hydrogen-bond acceptors (Lipinski definition) is 2. The fourth-order valence-corrected chi connectivity index (χ4v) is 3.09. The highest BCUT2D eigenvalue weighted by atomic mass is 28.3. The van der Waals surface area contributed by atoms with Crippen LogP contribution in [0.25, 0.3) is 0 Å². The van der Waals surface area contributed by atoms with E-state index in [0.29, 0.717) is 17.7 Å². The van der Waals surface area contributed by atoms with E-state index in [1.165, 1.54) is 0 Å². The largest absolute Gasteiger partial charge is 0.394 e. The molecule has 0 amide bonds. The molecule has 0 N–H and O–H groups in total. The summed E-state index contributed by atoms with van der Waals surface area (Å²) in [5.41, 5.74) is 0.602. The number of rotatable bonds is 6. The van der Waals surface area contributed by atoms with Gasteiger partial charge in [-0.1, -0.05) is 20.3 Å². The minimum absolute atomic E-state index is 0.296. The molecule has 0 aliphatic carbocycles. The fourth-order valence-electron chi connectivity index (χ4n) is 1.03. The van der Waals surface area contributed by atoms with Crippen molar-refractivity contribution in [2.75, 3.05) is 0 Å². The Balaban J connectivity index is 4.02. The third-order valence-corrected chi connectivity index (χ3v) is 4.95. The summed E-state index contributed by atoms with van der Waals surface area (Å²) in [6.45, 7) is 12.7. The quantitative estimate of drug-likeness (QED) is 0.619. The highest BCUT2D eigenvalue weighted by Gasteiger charge is 2.23. The van der Waals surface area contributed by atoms with E-state index < -0.39 is 9.28 Å². The van der Waals surface area contributed by atoms with Crippen molar-refractivity contribution >= 4 is 9.28 Å². The summed E-state index contributed by atoms with van der Waals surface area (Å²) in [6.07, 6.45) is 1.74. The van der Waals surface area contributed by atoms with E-state index in [1.807, 2.05) is 0 Å². The van der Waals surface area contributed by atoms with Crippen LogP contribution in [0.4, 0.5) is 0 Å². The third kappa shape index (κ3) is 6.24. The maximum atomic E-state index is 5.83. The minimum Gasteiger partial charge on any atom is -0.394 e. The lowest BCUT2D eigenvalue weighted by Crippen LogP contribution is -2.32. The molecule has 0 saturated heterocycles. The first-order chi connectivity index (χ1) is 5.97. The molecule has 0 saturated carbocycles. The zero-order chi connectivity index (χ0) is 10.4. The van der Waals surface area contributed by atoms with Crippen LogP contribution in [0.15, 0.2) is 0 Å². The van der Waals surface area contributed by atoms with Gasteiger partial charge in [-0.15, -0.1) is 0 Å². The Morgan fingerprint density at radius 1 is 0.923 bits per heavy atom. The Bertz CT molecular complexity index is 116. The van der Waals surface area contributed by atoms with Crippen LogP contribution in [0.3, 0.4) is 0 Å². The fraction of sp³-hybridized carbons (Fsp3) is 1.00. The second-order valence-corrected chi connectivity index (χ2v) is 6.54. The second kappa shape index (κ2) is 6.57. The molecular weight excluding hydrogens is 180 g/mol. The van der Waals surface area contributed by atoms with E-state index in [9.17, 15) is 0 Å². The molecule has 80 valence electrons. The van der Waals surface area contributed by atoms with Gasteiger partial charge in [0.1, 0.15) is 0 Å². The van der Waals surface area contributed by atoms with E-state index in [2.05, 4.69) is 41.5 Å². The smallest absolute Gasteiger partial charge is 0.324 e. The van der Waals surface area contributed by atoms with E-state index in [4.69, 9.17) is 8.85 Å². The Kier molecular flexibility index (Phi) is 6.64. The van der Waals surface area contributed by atoms with Gasteiger partial charge in [0.05, 0.1) is 0 Å². The van der Waals surface area contributed by atoms with Crippen molar-refractivity contribution in [2.45, 2.75) is 65.7 Å². The van der Waals surface area contributed by atoms with Gasteiger partial charge in [0.25, 0.3) is 0 Å². The maximum Gasteiger partial charge on any atom is 0.324 e. The minimum atomic E-state index is -1.44. The first kappa shape index (κ1) is 13.1. The van der Waals surface area contributed by atoms with Gasteiger partial charge < -0.3 is 8.85 Å². The van der Waals surface area contributed by atoms with Gasteiger partial charge in [-0.05, 0) is 33.2 Å². The van der Waals surface area contributed by atoms with Crippen molar-refractivity contribution in [3.63, 3.8) is 0 Å². The van der Waals surface area contributed by atoms with Crippen molar-refractivity contribution in [3.05, 3.63) is 0 Å². The molecule has 2 nitrogen and oxygen atoms in total. The lowest BCUT2D eigenvalue weighted by Gasteiger charge is -2.25. The van der Waals surface area contributed by atoms with Crippen molar-refractivity contribution in [2.24, 2.45) is 0 Å². The molecule has 0 rings (SSSR count). The summed E-state index contributed by atoms with van der Waals surface area (Å²) in [5.74, 6) is 0. The van der Waals surface area contributed by atoms with Gasteiger partial charge in [0.15, 0.2) is 0 Å². The van der Waals surface area contributed by atoms with Gasteiger partial charge in [-0.2, -0.15) is 0 Å². The van der Waals surface area contributed by atoms with Crippen LogP contribution < -0.4 is 0 Å². The summed E-state index contributed by atoms with van der Waals surface area (Å²) in [4.78, 5) is 0. The standard InChI is InChI=1S/C10H24O2Si/c1-7-10(6)13(11-8(2)3)12-9(4)5/h8-10,13H,7H2,1-6H3. The molecule has 0 aliphatic rings. The second-order valence-electron chi connectivity index (χ2n) is 4.12. The lowest BCUT2D eigenvalue weighted by molar-refractivity contribution is 0.123. The van der Waals surface area contributed by atoms with Gasteiger partial charge in [-0.25, -0.2) is 0 Å². The molecule has 0 aromatic rings. The first-order valence-electron chi connectivity index (χ1n) is 5.28. The molecule has 0 heterocycles. The molecule has 0 radical (unpaired) electrons. The van der Waals surface area contributed by atoms with Crippen molar-refractivity contribution in [1.29, 1.82) is 0 Å². The van der Waals surface area contributed by atoms with Gasteiger partial charge in [-0.3, -0.25) is 0 Å². The Morgan fingerprint density at radius 2 is 1.31 bits per heavy atom. The Hall–Kier alpha value is 0.137. The highest BCUT2D eigenvalue weighted by Crippen LogP contribution is 2.18. The molecule has 0 fully saturated rings. The summed E-state index contributed by atoms with van der Waals surface area (Å²) in [5, 5.41) is 0. The van der Waals surface area contributed by atoms with Crippen LogP contribution in [-0.4, -0.2) is 21.5 Å². The average molecular weight is 204 g/mol. The van der Waals surface area contributed by atoms with Crippen LogP contribution in [0.5, 0.6) is 0 Å². The molecule has 1 unspecified atom stereocenters. The topological polar surface area (TPSA) is 18.5 Å². The molecule has 0 aromatic heterocycles. The SMILES string of the molecule is CCC(C)[SiH](OC(C)C)OC(C)C. The molecule has 0 bridgehead atoms. The molecule has 1 atom stereocenters. The zero-order valence-electron chi connectivity index (χ0n) is 9.83. The van der Waals surface area contributed by atoms with Crippen LogP contribution >= 0.6 is 0 Å². The van der Waals surface area contributed by atoms with Gasteiger partial charge >= 0.3 is 9.28 Å². The lowest BCUT2D eigenvalue weighted by atomic mass is 10.4. The Labute approximate surface area is 84.5 Å². The van der Waals surface area contributed by atoms with Crippen molar-refractivity contribution < 1.29 is 8.85 Å². The summed E-state index contributed by atoms with van der Waals surface area (Å²) in [7, 11) is -1.44. The van der Waals surface area contributed by atoms with E-state index in [-0.39, 0.29) is 0 Å².